The van der Waals surface area contributed by atoms with Crippen molar-refractivity contribution in [2.45, 2.75) is 241 Å². The maximum atomic E-state index is 15.0. The third kappa shape index (κ3) is 13.0. The van der Waals surface area contributed by atoms with Crippen LogP contribution in [0.4, 0.5) is 0 Å². The second-order valence-corrected chi connectivity index (χ2v) is 21.7. The van der Waals surface area contributed by atoms with Gasteiger partial charge in [0.15, 0.2) is 36.7 Å². The van der Waals surface area contributed by atoms with E-state index >= 15 is 4.79 Å². The fourth-order valence-corrected chi connectivity index (χ4v) is 11.3. The number of Topliss-reactive ketones (excluding diaryl/α,β-unsaturated/α-hetero) is 2. The van der Waals surface area contributed by atoms with Gasteiger partial charge in [0, 0.05) is 50.7 Å². The summed E-state index contributed by atoms with van der Waals surface area (Å²) in [5.41, 5.74) is -1.47. The molecule has 2 aromatic rings. The average Bonchev–Trinajstić information content (AvgIpc) is 3.47. The van der Waals surface area contributed by atoms with Crippen LogP contribution in [0.25, 0.3) is 10.8 Å². The molecule has 24 nitrogen and oxygen atoms in total. The summed E-state index contributed by atoms with van der Waals surface area (Å²) in [6.45, 7) is 12.1. The maximum Gasteiger partial charge on any atom is 1.00 e. The Hall–Kier alpha value is -2.32. The molecule has 25 atom stereocenters. The van der Waals surface area contributed by atoms with Crippen LogP contribution < -0.4 is 34.3 Å². The third-order valence-electron chi connectivity index (χ3n) is 15.9. The normalized spacial score (nSPS) is 41.9. The van der Waals surface area contributed by atoms with Crippen LogP contribution >= 0.6 is 0 Å². The van der Waals surface area contributed by atoms with Crippen LogP contribution in [0.1, 0.15) is 103 Å². The van der Waals surface area contributed by atoms with Crippen LogP contribution in [0.3, 0.4) is 0 Å². The first-order valence-electron chi connectivity index (χ1n) is 26.0. The van der Waals surface area contributed by atoms with E-state index in [-0.39, 0.29) is 103 Å². The van der Waals surface area contributed by atoms with Crippen molar-refractivity contribution in [3.63, 3.8) is 0 Å². The SMILES string of the molecule is CO[C@H](C(=O)[C@@H](O)[C@@H](C)O)C1Cc2cc3cc(O[C@H]4C[C@@H](O[C@H]5C[C@@H](O)[C@H](O)[C@@H](C)O5)[C@@H](O)[C@@H](C)O4)c(C)c(O)c3c(O)c2C(=O)[C@H]1O[C@H]1C[C@@H](O[C@H]2C[C@@H](O[C@H]3C[C@](C)(O)[C@H](O)[C@@H](C)O3)[C@H](O)[C@@H](C)O2)[C@H](O)[C@@H](C)O1.[H-].[Na+]. The summed E-state index contributed by atoms with van der Waals surface area (Å²) in [6, 6.07) is 3.03. The Labute approximate surface area is 469 Å². The Morgan fingerprint density at radius 3 is 1.70 bits per heavy atom. The number of benzene rings is 2. The Kier molecular flexibility index (Phi) is 20.3. The molecule has 0 amide bonds. The van der Waals surface area contributed by atoms with Crippen molar-refractivity contribution in [3.05, 3.63) is 28.8 Å². The van der Waals surface area contributed by atoms with Gasteiger partial charge in [-0.25, -0.2) is 0 Å². The molecular formula is C52H77NaO24. The van der Waals surface area contributed by atoms with Gasteiger partial charge in [-0.3, -0.25) is 9.59 Å². The second-order valence-electron chi connectivity index (χ2n) is 21.7. The predicted octanol–water partition coefficient (Wildman–Crippen LogP) is -3.13. The van der Waals surface area contributed by atoms with Crippen molar-refractivity contribution >= 4 is 22.3 Å². The van der Waals surface area contributed by atoms with Crippen molar-refractivity contribution in [3.8, 4) is 17.2 Å². The third-order valence-corrected chi connectivity index (χ3v) is 15.9. The topological polar surface area (TPSA) is 358 Å². The average molecular weight is 1110 g/mol. The first-order chi connectivity index (χ1) is 35.7. The molecule has 0 bridgehead atoms. The van der Waals surface area contributed by atoms with Crippen molar-refractivity contribution in [2.75, 3.05) is 7.11 Å². The van der Waals surface area contributed by atoms with Crippen LogP contribution in [0.5, 0.6) is 17.2 Å². The summed E-state index contributed by atoms with van der Waals surface area (Å²) in [5.74, 6) is -4.07. The number of methoxy groups -OCH3 is 1. The van der Waals surface area contributed by atoms with Crippen molar-refractivity contribution in [1.29, 1.82) is 0 Å². The predicted molar refractivity (Wildman–Crippen MR) is 260 cm³/mol. The Bertz CT molecular complexity index is 2370. The second kappa shape index (κ2) is 25.0. The van der Waals surface area contributed by atoms with E-state index in [2.05, 4.69) is 0 Å². The van der Waals surface area contributed by atoms with E-state index in [1.807, 2.05) is 0 Å². The van der Waals surface area contributed by atoms with Crippen molar-refractivity contribution in [1.82, 2.24) is 0 Å². The van der Waals surface area contributed by atoms with Crippen LogP contribution in [0.2, 0.25) is 0 Å². The number of ketones is 2. The van der Waals surface area contributed by atoms with Gasteiger partial charge >= 0.3 is 29.6 Å². The minimum Gasteiger partial charge on any atom is -1.00 e. The van der Waals surface area contributed by atoms with Crippen LogP contribution in [-0.4, -0.2) is 222 Å². The van der Waals surface area contributed by atoms with E-state index in [9.17, 15) is 61.0 Å². The van der Waals surface area contributed by atoms with Gasteiger partial charge in [0.2, 0.25) is 6.29 Å². The fraction of sp³-hybridized carbons (Fsp3) is 0.769. The van der Waals surface area contributed by atoms with Crippen molar-refractivity contribution < 1.29 is 149 Å². The molecule has 8 rings (SSSR count). The number of phenolic OH excluding ortho intramolecular Hbond substituents is 2. The number of rotatable bonds is 15. The van der Waals surface area contributed by atoms with E-state index < -0.39 is 176 Å². The molecule has 1 aliphatic carbocycles. The number of ether oxygens (including phenoxy) is 11. The molecule has 0 saturated carbocycles. The largest absolute Gasteiger partial charge is 1.00 e. The van der Waals surface area contributed by atoms with Gasteiger partial charge in [-0.15, -0.1) is 0 Å². The molecule has 0 radical (unpaired) electrons. The van der Waals surface area contributed by atoms with Gasteiger partial charge in [0.05, 0.1) is 77.6 Å². The molecule has 0 spiro atoms. The van der Waals surface area contributed by atoms with Crippen LogP contribution in [0.15, 0.2) is 12.1 Å². The van der Waals surface area contributed by atoms with E-state index in [1.165, 1.54) is 46.9 Å². The summed E-state index contributed by atoms with van der Waals surface area (Å²) in [4.78, 5) is 28.9. The molecule has 5 fully saturated rings. The first-order valence-corrected chi connectivity index (χ1v) is 26.0. The molecule has 5 heterocycles. The summed E-state index contributed by atoms with van der Waals surface area (Å²) < 4.78 is 66.5. The molecule has 5 aliphatic heterocycles. The van der Waals surface area contributed by atoms with E-state index in [1.54, 1.807) is 27.7 Å². The van der Waals surface area contributed by atoms with Gasteiger partial charge in [-0.2, -0.15) is 0 Å². The molecular weight excluding hydrogens is 1030 g/mol. The zero-order chi connectivity index (χ0) is 55.6. The molecule has 0 aromatic heterocycles. The number of aliphatic hydroxyl groups is 9. The number of hydrogen-bond acceptors (Lipinski definition) is 24. The molecule has 11 N–H and O–H groups in total. The molecule has 6 aliphatic rings. The summed E-state index contributed by atoms with van der Waals surface area (Å²) in [5, 5.41) is 120. The van der Waals surface area contributed by atoms with Crippen LogP contribution in [0, 0.1) is 12.8 Å². The van der Waals surface area contributed by atoms with Crippen molar-refractivity contribution in [2.24, 2.45) is 5.92 Å². The molecule has 77 heavy (non-hydrogen) atoms. The standard InChI is InChI=1S/C52H76O24.Na.H/c1-18-29(72-34-14-30(43(58)21(4)68-34)73-33-13-28(54)42(57)20(3)67-33)12-26-10-25-11-27(49(66-9)48(63)41(56)19(2)53)50(47(62)39(25)46(61)38(26)40(18)55)76-36-16-31(44(59)23(6)70-36)74-35-15-32(45(60)22(5)69-35)75-37-17-52(8,65)51(64)24(7)71-37;;/h10,12,19-24,27-28,30-37,41-45,49-51,53-61,64-65H,11,13-17H2,1-9H3;;/q;+1;-1/t19-,20-,21-,22-,23-,24-,27?,28-,30-,31-,32-,33+,34+,35+,36+,37+,41+,42-,43+,44-,45-,49+,50+,51-,52+;;/m1../s1. The minimum atomic E-state index is -1.95. The summed E-state index contributed by atoms with van der Waals surface area (Å²) in [6.07, 6.45) is -27.0. The first kappa shape index (κ1) is 62.3. The number of hydrogen-bond donors (Lipinski definition) is 11. The van der Waals surface area contributed by atoms with E-state index in [0.29, 0.717) is 0 Å². The zero-order valence-electron chi connectivity index (χ0n) is 46.0. The van der Waals surface area contributed by atoms with E-state index in [4.69, 9.17) is 52.1 Å². The minimum absolute atomic E-state index is 0. The van der Waals surface area contributed by atoms with Gasteiger partial charge < -0.3 is 110 Å². The zero-order valence-corrected chi connectivity index (χ0v) is 47.0. The Balaban J connectivity index is 0.00000492. The molecule has 1 unspecified atom stereocenters. The quantitative estimate of drug-likeness (QED) is 0.0786. The molecule has 5 saturated heterocycles. The van der Waals surface area contributed by atoms with E-state index in [0.717, 1.165) is 0 Å². The summed E-state index contributed by atoms with van der Waals surface area (Å²) >= 11 is 0. The Morgan fingerprint density at radius 1 is 0.701 bits per heavy atom. The van der Waals surface area contributed by atoms with Crippen LogP contribution in [-0.2, 0) is 58.6 Å². The number of carbonyl (C=O) groups excluding carboxylic acids is 2. The maximum absolute atomic E-state index is 15.0. The van der Waals surface area contributed by atoms with Gasteiger partial charge in [0.25, 0.3) is 0 Å². The molecule has 2 aromatic carbocycles. The van der Waals surface area contributed by atoms with Gasteiger partial charge in [-0.05, 0) is 84.9 Å². The molecule has 25 heteroatoms. The monoisotopic (exact) mass is 1110 g/mol. The number of carbonyl (C=O) groups is 2. The number of phenols is 2. The van der Waals surface area contributed by atoms with Gasteiger partial charge in [0.1, 0.15) is 66.1 Å². The number of aromatic hydroxyl groups is 2. The number of fused-ring (bicyclic) bond motifs is 2. The molecule has 430 valence electrons. The Morgan fingerprint density at radius 2 is 1.18 bits per heavy atom. The summed E-state index contributed by atoms with van der Waals surface area (Å²) in [7, 11) is 1.18. The number of aliphatic hydroxyl groups excluding tert-OH is 8. The van der Waals surface area contributed by atoms with Gasteiger partial charge in [-0.1, -0.05) is 0 Å². The smallest absolute Gasteiger partial charge is 1.00 e. The fourth-order valence-electron chi connectivity index (χ4n) is 11.3.